The minimum absolute atomic E-state index is 0.0574. The van der Waals surface area contributed by atoms with Crippen molar-refractivity contribution in [1.82, 2.24) is 9.36 Å². The number of nitrogens with one attached hydrogen (secondary N) is 2. The fourth-order valence-electron chi connectivity index (χ4n) is 3.00. The number of anilines is 2. The van der Waals surface area contributed by atoms with Crippen molar-refractivity contribution >= 4 is 72.9 Å². The molecule has 18 heteroatoms. The van der Waals surface area contributed by atoms with E-state index in [0.717, 1.165) is 23.6 Å². The van der Waals surface area contributed by atoms with Crippen LogP contribution in [0.4, 0.5) is 22.3 Å². The normalized spacial score (nSPS) is 11.6. The van der Waals surface area contributed by atoms with Crippen molar-refractivity contribution in [3.05, 3.63) is 34.9 Å². The molecule has 0 saturated heterocycles. The Morgan fingerprint density at radius 2 is 2.03 bits per heavy atom. The molecule has 0 amide bonds. The molecular formula is C19H19N7O8S3. The third kappa shape index (κ3) is 7.53. The minimum atomic E-state index is -4.24. The van der Waals surface area contributed by atoms with Gasteiger partial charge in [-0.25, -0.2) is 15.0 Å². The Balaban J connectivity index is 1.99. The first-order chi connectivity index (χ1) is 17.6. The van der Waals surface area contributed by atoms with Gasteiger partial charge in [-0.15, -0.1) is 14.6 Å². The third-order valence-corrected chi connectivity index (χ3v) is 6.69. The summed E-state index contributed by atoms with van der Waals surface area (Å²) in [6, 6.07) is 6.42. The van der Waals surface area contributed by atoms with E-state index in [9.17, 15) is 23.6 Å². The number of aromatic nitrogens is 2. The molecule has 37 heavy (non-hydrogen) atoms. The molecule has 3 rings (SSSR count). The average molecular weight is 570 g/mol. The molecule has 0 saturated carbocycles. The molecule has 0 spiro atoms. The van der Waals surface area contributed by atoms with Gasteiger partial charge >= 0.3 is 5.97 Å². The topological polar surface area (TPSA) is 229 Å². The molecule has 0 bridgehead atoms. The van der Waals surface area contributed by atoms with Gasteiger partial charge in [-0.05, 0) is 36.7 Å². The third-order valence-electron chi connectivity index (χ3n) is 4.68. The molecule has 0 aliphatic rings. The highest BCUT2D eigenvalue weighted by Gasteiger charge is 2.18. The highest BCUT2D eigenvalue weighted by Crippen LogP contribution is 2.37. The second-order valence-electron chi connectivity index (χ2n) is 7.10. The molecule has 196 valence electrons. The van der Waals surface area contributed by atoms with Crippen molar-refractivity contribution in [3.8, 4) is 6.07 Å². The van der Waals surface area contributed by atoms with Crippen molar-refractivity contribution in [2.75, 3.05) is 35.2 Å². The summed E-state index contributed by atoms with van der Waals surface area (Å²) in [6.07, 6.45) is 0. The van der Waals surface area contributed by atoms with Gasteiger partial charge < -0.3 is 15.7 Å². The van der Waals surface area contributed by atoms with E-state index in [-0.39, 0.29) is 41.5 Å². The summed E-state index contributed by atoms with van der Waals surface area (Å²) >= 11 is 1.80. The number of nitrogens with zero attached hydrogens (tertiary/aromatic N) is 5. The van der Waals surface area contributed by atoms with Gasteiger partial charge in [0.05, 0.1) is 22.4 Å². The number of azo groups is 1. The molecule has 0 unspecified atom stereocenters. The van der Waals surface area contributed by atoms with Crippen molar-refractivity contribution in [2.45, 2.75) is 6.92 Å². The molecule has 3 aromatic rings. The van der Waals surface area contributed by atoms with Crippen molar-refractivity contribution < 1.29 is 37.5 Å². The zero-order valence-corrected chi connectivity index (χ0v) is 21.4. The molecule has 2 aromatic heterocycles. The van der Waals surface area contributed by atoms with Crippen LogP contribution >= 0.6 is 23.6 Å². The first-order valence-electron chi connectivity index (χ1n) is 10.2. The maximum Gasteiger partial charge on any atom is 0.335 e. The van der Waals surface area contributed by atoms with Crippen molar-refractivity contribution in [2.24, 2.45) is 10.2 Å². The predicted molar refractivity (Wildman–Crippen MR) is 135 cm³/mol. The molecule has 0 fully saturated rings. The van der Waals surface area contributed by atoms with Crippen LogP contribution in [0.15, 0.2) is 28.4 Å². The second kappa shape index (κ2) is 12.7. The summed E-state index contributed by atoms with van der Waals surface area (Å²) in [5, 5.41) is 45.8. The van der Waals surface area contributed by atoms with Crippen LogP contribution in [0.2, 0.25) is 0 Å². The number of rotatable bonds is 13. The number of aromatic carboxylic acids is 1. The summed E-state index contributed by atoms with van der Waals surface area (Å²) in [6.45, 7) is 1.62. The second-order valence-corrected chi connectivity index (χ2v) is 10.2. The summed E-state index contributed by atoms with van der Waals surface area (Å²) in [7, 11) is -4.24. The van der Waals surface area contributed by atoms with E-state index in [0.29, 0.717) is 27.2 Å². The molecule has 2 heterocycles. The fraction of sp³-hybridized carbons (Fsp3) is 0.263. The van der Waals surface area contributed by atoms with E-state index in [4.69, 9.17) is 9.81 Å². The number of hydrogen-bond donors (Lipinski definition) is 5. The SMILES string of the molecule is Cc1c(C#N)c(NCCS(=O)(=O)O)nc(NCCSOOO)c1N=Nc1snc2ccc(C(=O)O)cc12. The number of carbonyl (C=O) groups is 1. The number of carboxylic acids is 1. The first-order valence-corrected chi connectivity index (χ1v) is 13.5. The van der Waals surface area contributed by atoms with Gasteiger partial charge in [-0.2, -0.15) is 18.1 Å². The van der Waals surface area contributed by atoms with Crippen LogP contribution in [-0.2, 0) is 19.5 Å². The molecule has 5 N–H and O–H groups in total. The van der Waals surface area contributed by atoms with E-state index in [1.165, 1.54) is 12.1 Å². The van der Waals surface area contributed by atoms with E-state index in [2.05, 4.69) is 39.6 Å². The van der Waals surface area contributed by atoms with E-state index in [1.807, 2.05) is 6.07 Å². The van der Waals surface area contributed by atoms with Crippen LogP contribution in [0.1, 0.15) is 21.5 Å². The summed E-state index contributed by atoms with van der Waals surface area (Å²) in [5.74, 6) is -1.18. The summed E-state index contributed by atoms with van der Waals surface area (Å²) < 4.78 is 39.6. The lowest BCUT2D eigenvalue weighted by atomic mass is 10.1. The monoisotopic (exact) mass is 569 g/mol. The molecule has 1 aromatic carbocycles. The zero-order chi connectivity index (χ0) is 27.0. The van der Waals surface area contributed by atoms with Gasteiger partial charge in [0.15, 0.2) is 10.8 Å². The van der Waals surface area contributed by atoms with Gasteiger partial charge in [0.25, 0.3) is 10.1 Å². The Kier molecular flexibility index (Phi) is 9.65. The maximum absolute atomic E-state index is 11.3. The summed E-state index contributed by atoms with van der Waals surface area (Å²) in [4.78, 5) is 15.7. The minimum Gasteiger partial charge on any atom is -0.478 e. The van der Waals surface area contributed by atoms with Gasteiger partial charge in [0.2, 0.25) is 0 Å². The zero-order valence-electron chi connectivity index (χ0n) is 18.9. The first kappa shape index (κ1) is 28.1. The molecule has 0 aliphatic carbocycles. The lowest BCUT2D eigenvalue weighted by Gasteiger charge is -2.15. The average Bonchev–Trinajstić information content (AvgIpc) is 3.25. The molecular weight excluding hydrogens is 550 g/mol. The largest absolute Gasteiger partial charge is 0.478 e. The van der Waals surface area contributed by atoms with Crippen molar-refractivity contribution in [1.29, 1.82) is 5.26 Å². The molecule has 0 radical (unpaired) electrons. The highest BCUT2D eigenvalue weighted by molar-refractivity contribution is 7.94. The van der Waals surface area contributed by atoms with Crippen LogP contribution in [0.5, 0.6) is 0 Å². The smallest absolute Gasteiger partial charge is 0.335 e. The van der Waals surface area contributed by atoms with E-state index < -0.39 is 21.8 Å². The number of benzene rings is 1. The van der Waals surface area contributed by atoms with Crippen LogP contribution in [0.3, 0.4) is 0 Å². The Morgan fingerprint density at radius 1 is 1.27 bits per heavy atom. The van der Waals surface area contributed by atoms with Crippen molar-refractivity contribution in [3.63, 3.8) is 0 Å². The number of pyridine rings is 1. The fourth-order valence-corrected chi connectivity index (χ4v) is 4.34. The Labute approximate surface area is 218 Å². The predicted octanol–water partition coefficient (Wildman–Crippen LogP) is 3.77. The van der Waals surface area contributed by atoms with E-state index in [1.54, 1.807) is 13.0 Å². The van der Waals surface area contributed by atoms with Gasteiger partial charge in [0, 0.05) is 41.8 Å². The highest BCUT2D eigenvalue weighted by atomic mass is 32.2. The molecule has 0 aliphatic heterocycles. The lowest BCUT2D eigenvalue weighted by Crippen LogP contribution is -2.17. The molecule has 0 atom stereocenters. The van der Waals surface area contributed by atoms with E-state index >= 15 is 0 Å². The van der Waals surface area contributed by atoms with Gasteiger partial charge in [-0.3, -0.25) is 4.55 Å². The number of carboxylic acid groups (broad SMARTS) is 1. The van der Waals surface area contributed by atoms with Crippen LogP contribution in [0, 0.1) is 18.3 Å². The summed E-state index contributed by atoms with van der Waals surface area (Å²) in [5.41, 5.74) is 1.22. The Morgan fingerprint density at radius 3 is 2.70 bits per heavy atom. The molecule has 15 nitrogen and oxygen atoms in total. The van der Waals surface area contributed by atoms with Gasteiger partial charge in [-0.1, -0.05) is 5.04 Å². The van der Waals surface area contributed by atoms with Crippen LogP contribution < -0.4 is 10.6 Å². The Hall–Kier alpha value is -3.44. The maximum atomic E-state index is 11.3. The number of hydrogen-bond acceptors (Lipinski definition) is 15. The number of nitriles is 1. The lowest BCUT2D eigenvalue weighted by molar-refractivity contribution is -0.432. The standard InChI is InChI=1S/C19H19N7O8S3/c1-10-13(9-20)16(22-5-7-37(30,31)32)23-17(21-4-6-35-34-33-29)15(10)24-25-18-12-8-11(19(27)28)2-3-14(12)26-36-18/h2-3,8,29H,4-7H2,1H3,(H,27,28)(H2,21,22,23)(H,30,31,32). The van der Waals surface area contributed by atoms with Gasteiger partial charge in [0.1, 0.15) is 17.6 Å². The number of fused-ring (bicyclic) bond motifs is 1. The quantitative estimate of drug-likeness (QED) is 0.0493. The van der Waals surface area contributed by atoms with Crippen LogP contribution in [0.25, 0.3) is 10.9 Å². The van der Waals surface area contributed by atoms with Crippen LogP contribution in [-0.4, -0.2) is 63.3 Å². The Bertz CT molecular complexity index is 1470.